The molecule has 0 unspecified atom stereocenters. The molecule has 186 valence electrons. The average molecular weight is 519 g/mol. The van der Waals surface area contributed by atoms with Gasteiger partial charge >= 0.3 is 0 Å². The van der Waals surface area contributed by atoms with Crippen LogP contribution in [0.15, 0.2) is 48.8 Å². The van der Waals surface area contributed by atoms with Crippen molar-refractivity contribution in [2.45, 2.75) is 38.1 Å². The second-order valence-electron chi connectivity index (χ2n) is 7.88. The first-order valence-corrected chi connectivity index (χ1v) is 12.0. The second-order valence-corrected chi connectivity index (χ2v) is 8.69. The zero-order valence-electron chi connectivity index (χ0n) is 19.1. The van der Waals surface area contributed by atoms with Gasteiger partial charge in [0.05, 0.1) is 28.0 Å². The molecule has 0 spiro atoms. The third-order valence-corrected chi connectivity index (χ3v) is 5.94. The van der Waals surface area contributed by atoms with Crippen LogP contribution in [0.3, 0.4) is 0 Å². The number of pyridine rings is 1. The number of nitrogens with zero attached hydrogens (tertiary/aromatic N) is 3. The first-order chi connectivity index (χ1) is 16.9. The minimum absolute atomic E-state index is 0.178. The van der Waals surface area contributed by atoms with E-state index in [2.05, 4.69) is 15.4 Å². The number of rotatable bonds is 13. The van der Waals surface area contributed by atoms with E-state index in [9.17, 15) is 9.59 Å². The maximum atomic E-state index is 12.3. The van der Waals surface area contributed by atoms with Crippen LogP contribution in [0, 0.1) is 0 Å². The van der Waals surface area contributed by atoms with Gasteiger partial charge in [-0.15, -0.1) is 0 Å². The van der Waals surface area contributed by atoms with Crippen LogP contribution in [0.1, 0.15) is 32.1 Å². The summed E-state index contributed by atoms with van der Waals surface area (Å²) in [4.78, 5) is 28.0. The van der Waals surface area contributed by atoms with Crippen LogP contribution >= 0.6 is 23.2 Å². The van der Waals surface area contributed by atoms with Crippen molar-refractivity contribution < 1.29 is 14.3 Å². The predicted octanol–water partition coefficient (Wildman–Crippen LogP) is 3.50. The summed E-state index contributed by atoms with van der Waals surface area (Å²) in [5.41, 5.74) is 13.0. The van der Waals surface area contributed by atoms with Gasteiger partial charge in [0.1, 0.15) is 6.04 Å². The summed E-state index contributed by atoms with van der Waals surface area (Å²) in [6.45, 7) is 0.777. The molecule has 0 saturated carbocycles. The maximum Gasteiger partial charge on any atom is 0.239 e. The average Bonchev–Trinajstić information content (AvgIpc) is 3.27. The highest BCUT2D eigenvalue weighted by atomic mass is 35.5. The van der Waals surface area contributed by atoms with Crippen LogP contribution in [0.2, 0.25) is 10.0 Å². The van der Waals surface area contributed by atoms with Gasteiger partial charge in [-0.3, -0.25) is 14.6 Å². The summed E-state index contributed by atoms with van der Waals surface area (Å²) in [5, 5.41) is 8.15. The molecule has 0 aliphatic carbocycles. The van der Waals surface area contributed by atoms with Crippen molar-refractivity contribution in [1.29, 1.82) is 0 Å². The van der Waals surface area contributed by atoms with Gasteiger partial charge in [0.25, 0.3) is 0 Å². The Labute approximate surface area is 213 Å². The van der Waals surface area contributed by atoms with Crippen molar-refractivity contribution in [3.63, 3.8) is 0 Å². The molecule has 3 rings (SSSR count). The summed E-state index contributed by atoms with van der Waals surface area (Å²) in [6.07, 6.45) is 5.94. The van der Waals surface area contributed by atoms with E-state index in [1.807, 2.05) is 12.1 Å². The zero-order chi connectivity index (χ0) is 25.2. The molecule has 2 heterocycles. The van der Waals surface area contributed by atoms with Crippen molar-refractivity contribution >= 4 is 35.0 Å². The molecule has 2 aromatic heterocycles. The fraction of sp³-hybridized carbons (Fsp3) is 0.333. The van der Waals surface area contributed by atoms with Gasteiger partial charge in [-0.1, -0.05) is 23.2 Å². The van der Waals surface area contributed by atoms with Crippen molar-refractivity contribution in [2.75, 3.05) is 13.2 Å². The Balaban J connectivity index is 1.64. The van der Waals surface area contributed by atoms with Gasteiger partial charge in [-0.2, -0.15) is 5.10 Å². The molecule has 3 aromatic rings. The number of benzene rings is 1. The number of hydrogen-bond acceptors (Lipinski definition) is 6. The molecule has 0 radical (unpaired) electrons. The smallest absolute Gasteiger partial charge is 0.239 e. The lowest BCUT2D eigenvalue weighted by molar-refractivity contribution is -0.127. The highest BCUT2D eigenvalue weighted by Crippen LogP contribution is 2.29. The van der Waals surface area contributed by atoms with Crippen LogP contribution < -0.4 is 21.5 Å². The Hall–Kier alpha value is -3.14. The molecule has 5 N–H and O–H groups in total. The maximum absolute atomic E-state index is 12.3. The molecular formula is C24H28Cl2N6O3. The second kappa shape index (κ2) is 13.1. The van der Waals surface area contributed by atoms with Crippen LogP contribution in [0.5, 0.6) is 5.88 Å². The largest absolute Gasteiger partial charge is 0.478 e. The van der Waals surface area contributed by atoms with Gasteiger partial charge in [0.15, 0.2) is 0 Å². The Bertz CT molecular complexity index is 1140. The Morgan fingerprint density at radius 2 is 1.94 bits per heavy atom. The molecular weight excluding hydrogens is 491 g/mol. The van der Waals surface area contributed by atoms with E-state index in [0.717, 1.165) is 12.0 Å². The lowest BCUT2D eigenvalue weighted by atomic mass is 10.1. The van der Waals surface area contributed by atoms with Crippen LogP contribution in [0.25, 0.3) is 16.9 Å². The lowest BCUT2D eigenvalue weighted by Crippen LogP contribution is -2.44. The number of hydrogen-bond donors (Lipinski definition) is 3. The Morgan fingerprint density at radius 1 is 1.11 bits per heavy atom. The van der Waals surface area contributed by atoms with E-state index in [0.29, 0.717) is 53.1 Å². The summed E-state index contributed by atoms with van der Waals surface area (Å²) in [7, 11) is 0. The molecule has 0 saturated heterocycles. The quantitative estimate of drug-likeness (QED) is 0.296. The number of halogens is 2. The van der Waals surface area contributed by atoms with E-state index in [1.54, 1.807) is 41.3 Å². The number of ether oxygens (including phenoxy) is 1. The summed E-state index contributed by atoms with van der Waals surface area (Å²) in [6, 6.07) is 9.96. The van der Waals surface area contributed by atoms with E-state index < -0.39 is 11.9 Å². The number of amides is 2. The minimum Gasteiger partial charge on any atom is -0.478 e. The predicted molar refractivity (Wildman–Crippen MR) is 136 cm³/mol. The summed E-state index contributed by atoms with van der Waals surface area (Å²) < 4.78 is 7.58. The number of primary amides is 1. The molecule has 0 fully saturated rings. The minimum atomic E-state index is -0.701. The van der Waals surface area contributed by atoms with Crippen molar-refractivity contribution in [2.24, 2.45) is 11.5 Å². The highest BCUT2D eigenvalue weighted by molar-refractivity contribution is 6.42. The van der Waals surface area contributed by atoms with Crippen molar-refractivity contribution in [3.05, 3.63) is 58.8 Å². The summed E-state index contributed by atoms with van der Waals surface area (Å²) in [5.74, 6) is -0.348. The van der Waals surface area contributed by atoms with Gasteiger partial charge < -0.3 is 21.5 Å². The van der Waals surface area contributed by atoms with Crippen molar-refractivity contribution in [1.82, 2.24) is 20.1 Å². The van der Waals surface area contributed by atoms with E-state index in [4.69, 9.17) is 39.4 Å². The van der Waals surface area contributed by atoms with E-state index in [1.165, 1.54) is 0 Å². The van der Waals surface area contributed by atoms with Crippen molar-refractivity contribution in [3.8, 4) is 22.8 Å². The number of carbonyl (C=O) groups excluding carboxylic acids is 2. The molecule has 1 atom stereocenters. The third-order valence-electron chi connectivity index (χ3n) is 5.21. The normalized spacial score (nSPS) is 11.7. The number of nitrogens with two attached hydrogens (primary N) is 2. The molecule has 0 aliphatic rings. The van der Waals surface area contributed by atoms with Gasteiger partial charge in [0, 0.05) is 30.4 Å². The lowest BCUT2D eigenvalue weighted by Gasteiger charge is -2.15. The number of unbranched alkanes of at least 4 members (excludes halogenated alkanes) is 1. The van der Waals surface area contributed by atoms with E-state index in [-0.39, 0.29) is 18.9 Å². The van der Waals surface area contributed by atoms with Gasteiger partial charge in [-0.25, -0.2) is 4.68 Å². The monoisotopic (exact) mass is 518 g/mol. The number of nitrogens with one attached hydrogen (secondary N) is 1. The first kappa shape index (κ1) is 26.5. The molecule has 2 amide bonds. The zero-order valence-corrected chi connectivity index (χ0v) is 20.6. The summed E-state index contributed by atoms with van der Waals surface area (Å²) >= 11 is 12.3. The topological polar surface area (TPSA) is 138 Å². The number of aromatic nitrogens is 3. The molecule has 11 heteroatoms. The molecule has 35 heavy (non-hydrogen) atoms. The van der Waals surface area contributed by atoms with Crippen LogP contribution in [-0.4, -0.2) is 45.8 Å². The fourth-order valence-corrected chi connectivity index (χ4v) is 3.67. The van der Waals surface area contributed by atoms with Crippen LogP contribution in [-0.2, 0) is 9.59 Å². The van der Waals surface area contributed by atoms with E-state index >= 15 is 0 Å². The Morgan fingerprint density at radius 3 is 2.63 bits per heavy atom. The molecule has 9 nitrogen and oxygen atoms in total. The Kier molecular flexibility index (Phi) is 9.89. The molecule has 0 bridgehead atoms. The third kappa shape index (κ3) is 7.68. The fourth-order valence-electron chi connectivity index (χ4n) is 3.38. The molecule has 0 aliphatic heterocycles. The van der Waals surface area contributed by atoms with Gasteiger partial charge in [-0.05, 0) is 62.6 Å². The SMILES string of the molecule is NCCCC[C@H](NC(=O)CCCOc1cc(-c2cccnc2)nn1-c1ccc(Cl)c(Cl)c1)C(N)=O. The van der Waals surface area contributed by atoms with Crippen LogP contribution in [0.4, 0.5) is 0 Å². The number of carbonyl (C=O) groups is 2. The van der Waals surface area contributed by atoms with Gasteiger partial charge in [0.2, 0.25) is 17.7 Å². The highest BCUT2D eigenvalue weighted by Gasteiger charge is 2.18. The standard InChI is InChI=1S/C24H28Cl2N6O3/c25-18-9-8-17(13-19(18)26)32-23(14-21(31-32)16-5-3-11-29-15-16)35-12-4-7-22(33)30-20(24(28)34)6-1-2-10-27/h3,5,8-9,11,13-15,20H,1-2,4,6-7,10,12,27H2,(H2,28,34)(H,30,33)/t20-/m0/s1. The molecule has 1 aromatic carbocycles. The first-order valence-electron chi connectivity index (χ1n) is 11.3.